The Balaban J connectivity index is 1.88. The van der Waals surface area contributed by atoms with E-state index in [0.29, 0.717) is 39.1 Å². The van der Waals surface area contributed by atoms with Crippen LogP contribution in [-0.2, 0) is 0 Å². The fraction of sp³-hybridized carbons (Fsp3) is 0.278. The third-order valence-corrected chi connectivity index (χ3v) is 4.88. The molecule has 4 aromatic rings. The first-order valence-electron chi connectivity index (χ1n) is 8.86. The second kappa shape index (κ2) is 7.59. The van der Waals surface area contributed by atoms with Gasteiger partial charge in [-0.05, 0) is 13.2 Å². The predicted molar refractivity (Wildman–Crippen MR) is 107 cm³/mol. The van der Waals surface area contributed by atoms with E-state index < -0.39 is 0 Å². The molecule has 0 unspecified atom stereocenters. The summed E-state index contributed by atoms with van der Waals surface area (Å²) >= 11 is 1.43. The SMILES string of the molecule is CSc1nnc2c(N=Nc3nc(C(C)C)no3)c(-c3ccccc3C(C)=O)[nH]n12. The first-order chi connectivity index (χ1) is 14.0. The van der Waals surface area contributed by atoms with Gasteiger partial charge in [-0.25, -0.2) is 4.52 Å². The van der Waals surface area contributed by atoms with Gasteiger partial charge in [-0.1, -0.05) is 60.1 Å². The highest BCUT2D eigenvalue weighted by molar-refractivity contribution is 7.98. The van der Waals surface area contributed by atoms with Crippen molar-refractivity contribution in [3.63, 3.8) is 0 Å². The zero-order valence-electron chi connectivity index (χ0n) is 16.2. The number of hydrogen-bond donors (Lipinski definition) is 1. The molecular weight excluding hydrogens is 392 g/mol. The lowest BCUT2D eigenvalue weighted by Gasteiger charge is -2.05. The predicted octanol–water partition coefficient (Wildman–Crippen LogP) is 4.57. The number of carbonyl (C=O) groups is 1. The van der Waals surface area contributed by atoms with Crippen LogP contribution in [0.3, 0.4) is 0 Å². The van der Waals surface area contributed by atoms with Gasteiger partial charge < -0.3 is 4.52 Å². The van der Waals surface area contributed by atoms with Gasteiger partial charge in [0.15, 0.2) is 17.3 Å². The Morgan fingerprint density at radius 3 is 2.72 bits per heavy atom. The lowest BCUT2D eigenvalue weighted by Crippen LogP contribution is -1.97. The number of carbonyl (C=O) groups excluding carboxylic acids is 1. The summed E-state index contributed by atoms with van der Waals surface area (Å²) in [7, 11) is 0. The van der Waals surface area contributed by atoms with Crippen LogP contribution in [-0.4, -0.2) is 42.0 Å². The fourth-order valence-corrected chi connectivity index (χ4v) is 3.25. The Kier molecular flexibility index (Phi) is 4.97. The molecule has 0 radical (unpaired) electrons. The van der Waals surface area contributed by atoms with Gasteiger partial charge in [-0.2, -0.15) is 4.98 Å². The molecule has 0 spiro atoms. The van der Waals surface area contributed by atoms with E-state index in [1.165, 1.54) is 18.7 Å². The molecule has 0 aliphatic carbocycles. The van der Waals surface area contributed by atoms with Gasteiger partial charge in [0.2, 0.25) is 10.8 Å². The molecule has 148 valence electrons. The van der Waals surface area contributed by atoms with Crippen LogP contribution in [0, 0.1) is 0 Å². The molecule has 3 heterocycles. The van der Waals surface area contributed by atoms with E-state index in [4.69, 9.17) is 4.52 Å². The van der Waals surface area contributed by atoms with E-state index in [0.717, 1.165) is 0 Å². The second-order valence-corrected chi connectivity index (χ2v) is 7.35. The lowest BCUT2D eigenvalue weighted by atomic mass is 10.0. The number of azo groups is 1. The number of nitrogens with one attached hydrogen (secondary N) is 1. The smallest absolute Gasteiger partial charge is 0.311 e. The van der Waals surface area contributed by atoms with Gasteiger partial charge in [0.25, 0.3) is 0 Å². The van der Waals surface area contributed by atoms with Crippen molar-refractivity contribution in [2.45, 2.75) is 31.8 Å². The standard InChI is InChI=1S/C18H18N8O2S/c1-9(2)15-19-17(28-25-15)22-20-14-13(12-8-6-5-7-11(12)10(3)27)24-26-16(14)21-23-18(26)29-4/h5-9,24H,1-4H3. The zero-order chi connectivity index (χ0) is 20.5. The maximum Gasteiger partial charge on any atom is 0.366 e. The largest absolute Gasteiger partial charge is 0.366 e. The van der Waals surface area contributed by atoms with E-state index in [-0.39, 0.29) is 17.7 Å². The van der Waals surface area contributed by atoms with Crippen LogP contribution in [0.2, 0.25) is 0 Å². The fourth-order valence-electron chi connectivity index (χ4n) is 2.82. The molecule has 29 heavy (non-hydrogen) atoms. The van der Waals surface area contributed by atoms with Crippen molar-refractivity contribution in [3.8, 4) is 11.3 Å². The number of H-pyrrole nitrogens is 1. The van der Waals surface area contributed by atoms with E-state index in [1.807, 2.05) is 38.3 Å². The Bertz CT molecular complexity index is 1220. The average Bonchev–Trinajstić information content (AvgIpc) is 3.41. The van der Waals surface area contributed by atoms with Crippen molar-refractivity contribution in [3.05, 3.63) is 35.7 Å². The third-order valence-electron chi connectivity index (χ3n) is 4.25. The van der Waals surface area contributed by atoms with Gasteiger partial charge in [0.05, 0.1) is 5.69 Å². The molecular formula is C18H18N8O2S. The van der Waals surface area contributed by atoms with E-state index >= 15 is 0 Å². The van der Waals surface area contributed by atoms with Crippen LogP contribution >= 0.6 is 11.8 Å². The molecule has 0 amide bonds. The quantitative estimate of drug-likeness (QED) is 0.280. The number of fused-ring (bicyclic) bond motifs is 1. The van der Waals surface area contributed by atoms with Crippen molar-refractivity contribution in [2.75, 3.05) is 6.26 Å². The minimum absolute atomic E-state index is 0.0449. The van der Waals surface area contributed by atoms with Gasteiger partial charge >= 0.3 is 6.01 Å². The number of Topliss-reactive ketones (excluding diaryl/α,β-unsaturated/α-hetero) is 1. The number of rotatable bonds is 6. The topological polar surface area (TPSA) is 127 Å². The van der Waals surface area contributed by atoms with Crippen LogP contribution in [0.1, 0.15) is 42.9 Å². The monoisotopic (exact) mass is 410 g/mol. The summed E-state index contributed by atoms with van der Waals surface area (Å²) in [6, 6.07) is 7.33. The number of aromatic amines is 1. The molecule has 1 N–H and O–H groups in total. The van der Waals surface area contributed by atoms with E-state index in [9.17, 15) is 4.79 Å². The molecule has 3 aromatic heterocycles. The van der Waals surface area contributed by atoms with Crippen molar-refractivity contribution in [1.82, 2.24) is 30.0 Å². The Hall–Kier alpha value is -3.34. The number of benzene rings is 1. The summed E-state index contributed by atoms with van der Waals surface area (Å²) < 4.78 is 6.84. The molecule has 10 nitrogen and oxygen atoms in total. The van der Waals surface area contributed by atoms with Crippen molar-refractivity contribution >= 4 is 34.9 Å². The number of ketones is 1. The molecule has 0 aliphatic rings. The van der Waals surface area contributed by atoms with Crippen LogP contribution in [0.25, 0.3) is 16.9 Å². The first kappa shape index (κ1) is 19.0. The lowest BCUT2D eigenvalue weighted by molar-refractivity contribution is 0.101. The Morgan fingerprint density at radius 1 is 1.24 bits per heavy atom. The van der Waals surface area contributed by atoms with E-state index in [1.54, 1.807) is 10.6 Å². The van der Waals surface area contributed by atoms with Crippen LogP contribution in [0.15, 0.2) is 44.2 Å². The molecule has 0 saturated carbocycles. The molecule has 0 saturated heterocycles. The highest BCUT2D eigenvalue weighted by Gasteiger charge is 2.21. The summed E-state index contributed by atoms with van der Waals surface area (Å²) in [6.07, 6.45) is 1.90. The molecule has 1 aromatic carbocycles. The van der Waals surface area contributed by atoms with Crippen molar-refractivity contribution < 1.29 is 9.32 Å². The minimum Gasteiger partial charge on any atom is -0.311 e. The Morgan fingerprint density at radius 2 is 2.03 bits per heavy atom. The number of hydrogen-bond acceptors (Lipinski definition) is 9. The van der Waals surface area contributed by atoms with Gasteiger partial charge in [-0.3, -0.25) is 9.89 Å². The summed E-state index contributed by atoms with van der Waals surface area (Å²) in [5, 5.41) is 24.5. The molecule has 0 bridgehead atoms. The van der Waals surface area contributed by atoms with Crippen LogP contribution in [0.4, 0.5) is 11.7 Å². The molecule has 0 atom stereocenters. The van der Waals surface area contributed by atoms with Gasteiger partial charge in [0.1, 0.15) is 0 Å². The zero-order valence-corrected chi connectivity index (χ0v) is 17.1. The molecule has 4 rings (SSSR count). The summed E-state index contributed by atoms with van der Waals surface area (Å²) in [5.41, 5.74) is 2.76. The van der Waals surface area contributed by atoms with Gasteiger partial charge in [0, 0.05) is 17.0 Å². The normalized spacial score (nSPS) is 11.9. The van der Waals surface area contributed by atoms with Crippen LogP contribution in [0.5, 0.6) is 0 Å². The number of nitrogens with zero attached hydrogens (tertiary/aromatic N) is 7. The van der Waals surface area contributed by atoms with Crippen molar-refractivity contribution in [1.29, 1.82) is 0 Å². The molecule has 11 heteroatoms. The summed E-state index contributed by atoms with van der Waals surface area (Å²) in [6.45, 7) is 5.44. The number of thioether (sulfide) groups is 1. The summed E-state index contributed by atoms with van der Waals surface area (Å²) in [5.74, 6) is 0.602. The maximum atomic E-state index is 12.1. The molecule has 0 aliphatic heterocycles. The maximum absolute atomic E-state index is 12.1. The third kappa shape index (κ3) is 3.44. The van der Waals surface area contributed by atoms with Crippen LogP contribution < -0.4 is 0 Å². The highest BCUT2D eigenvalue weighted by atomic mass is 32.2. The highest BCUT2D eigenvalue weighted by Crippen LogP contribution is 2.37. The van der Waals surface area contributed by atoms with Gasteiger partial charge in [-0.15, -0.1) is 15.3 Å². The van der Waals surface area contributed by atoms with Crippen molar-refractivity contribution in [2.24, 2.45) is 10.2 Å². The van der Waals surface area contributed by atoms with E-state index in [2.05, 4.69) is 35.7 Å². The molecule has 0 fully saturated rings. The number of aromatic nitrogens is 6. The first-order valence-corrected chi connectivity index (χ1v) is 10.1. The summed E-state index contributed by atoms with van der Waals surface area (Å²) in [4.78, 5) is 16.3. The Labute approximate surface area is 169 Å². The minimum atomic E-state index is -0.0579. The second-order valence-electron chi connectivity index (χ2n) is 6.57. The average molecular weight is 410 g/mol.